The third-order valence-corrected chi connectivity index (χ3v) is 3.62. The molecule has 2 aromatic rings. The highest BCUT2D eigenvalue weighted by Gasteiger charge is 2.18. The van der Waals surface area contributed by atoms with Crippen molar-refractivity contribution in [3.8, 4) is 0 Å². The molecule has 18 heavy (non-hydrogen) atoms. The van der Waals surface area contributed by atoms with Gasteiger partial charge in [0.05, 0.1) is 0 Å². The predicted molar refractivity (Wildman–Crippen MR) is 71.8 cm³/mol. The van der Waals surface area contributed by atoms with Gasteiger partial charge in [0.25, 0.3) is 0 Å². The fraction of sp³-hybridized carbons (Fsp3) is 0.429. The number of hydrogen-bond acceptors (Lipinski definition) is 2. The molecule has 3 rings (SSSR count). The second-order valence-electron chi connectivity index (χ2n) is 5.08. The lowest BCUT2D eigenvalue weighted by atomic mass is 10.0. The van der Waals surface area contributed by atoms with Gasteiger partial charge in [0, 0.05) is 24.4 Å². The zero-order chi connectivity index (χ0) is 12.5. The molecule has 1 unspecified atom stereocenters. The van der Waals surface area contributed by atoms with Gasteiger partial charge >= 0.3 is 0 Å². The van der Waals surface area contributed by atoms with E-state index in [9.17, 15) is 0 Å². The predicted octanol–water partition coefficient (Wildman–Crippen LogP) is 3.10. The molecule has 0 spiro atoms. The van der Waals surface area contributed by atoms with E-state index in [0.29, 0.717) is 5.92 Å². The Bertz CT molecular complexity index is 562. The van der Waals surface area contributed by atoms with Crippen LogP contribution in [-0.2, 0) is 19.4 Å². The summed E-state index contributed by atoms with van der Waals surface area (Å²) in [5.74, 6) is 2.74. The summed E-state index contributed by atoms with van der Waals surface area (Å²) < 4.78 is 2.06. The van der Waals surface area contributed by atoms with Crippen molar-refractivity contribution >= 4 is 11.6 Å². The van der Waals surface area contributed by atoms with Gasteiger partial charge in [0.2, 0.25) is 0 Å². The molecular formula is C14H16ClN3. The lowest BCUT2D eigenvalue weighted by Crippen LogP contribution is -2.18. The summed E-state index contributed by atoms with van der Waals surface area (Å²) in [6.45, 7) is 3.26. The molecule has 0 amide bonds. The molecule has 0 fully saturated rings. The summed E-state index contributed by atoms with van der Waals surface area (Å²) in [6, 6.07) is 7.90. The van der Waals surface area contributed by atoms with Crippen LogP contribution in [-0.4, -0.2) is 14.8 Å². The van der Waals surface area contributed by atoms with E-state index < -0.39 is 0 Å². The number of halogens is 1. The average Bonchev–Trinajstić information content (AvgIpc) is 2.70. The standard InChI is InChI=1S/C14H16ClN3/c1-10-5-6-14-16-13(17-18(14)9-10)8-11-3-2-4-12(15)7-11/h2-4,7,10H,5-6,8-9H2,1H3. The van der Waals surface area contributed by atoms with Gasteiger partial charge in [-0.2, -0.15) is 5.10 Å². The number of aromatic nitrogens is 3. The molecule has 4 heteroatoms. The third kappa shape index (κ3) is 2.41. The quantitative estimate of drug-likeness (QED) is 0.832. The molecule has 94 valence electrons. The lowest BCUT2D eigenvalue weighted by Gasteiger charge is -2.17. The van der Waals surface area contributed by atoms with Crippen molar-refractivity contribution in [2.45, 2.75) is 32.7 Å². The van der Waals surface area contributed by atoms with Crippen LogP contribution in [0.1, 0.15) is 30.6 Å². The maximum absolute atomic E-state index is 5.99. The van der Waals surface area contributed by atoms with Crippen molar-refractivity contribution in [3.63, 3.8) is 0 Å². The Morgan fingerprint density at radius 1 is 1.44 bits per heavy atom. The lowest BCUT2D eigenvalue weighted by molar-refractivity contribution is 0.367. The molecule has 3 nitrogen and oxygen atoms in total. The molecular weight excluding hydrogens is 246 g/mol. The van der Waals surface area contributed by atoms with Crippen LogP contribution in [0.3, 0.4) is 0 Å². The Kier molecular flexibility index (Phi) is 3.08. The maximum atomic E-state index is 5.99. The maximum Gasteiger partial charge on any atom is 0.155 e. The van der Waals surface area contributed by atoms with E-state index in [-0.39, 0.29) is 0 Å². The van der Waals surface area contributed by atoms with E-state index in [4.69, 9.17) is 11.6 Å². The molecule has 1 aliphatic heterocycles. The van der Waals surface area contributed by atoms with Crippen molar-refractivity contribution in [1.29, 1.82) is 0 Å². The first-order valence-corrected chi connectivity index (χ1v) is 6.75. The molecule has 0 aliphatic carbocycles. The van der Waals surface area contributed by atoms with Crippen LogP contribution in [0.5, 0.6) is 0 Å². The molecule has 0 bridgehead atoms. The van der Waals surface area contributed by atoms with Crippen LogP contribution in [0.4, 0.5) is 0 Å². The molecule has 0 N–H and O–H groups in total. The number of hydrogen-bond donors (Lipinski definition) is 0. The monoisotopic (exact) mass is 261 g/mol. The van der Waals surface area contributed by atoms with E-state index in [1.165, 1.54) is 12.0 Å². The minimum absolute atomic E-state index is 0.707. The Morgan fingerprint density at radius 2 is 2.33 bits per heavy atom. The smallest absolute Gasteiger partial charge is 0.155 e. The van der Waals surface area contributed by atoms with E-state index in [1.54, 1.807) is 0 Å². The Hall–Kier alpha value is -1.35. The zero-order valence-electron chi connectivity index (χ0n) is 10.4. The summed E-state index contributed by atoms with van der Waals surface area (Å²) in [5, 5.41) is 5.36. The third-order valence-electron chi connectivity index (χ3n) is 3.39. The summed E-state index contributed by atoms with van der Waals surface area (Å²) in [5.41, 5.74) is 1.17. The Morgan fingerprint density at radius 3 is 3.17 bits per heavy atom. The molecule has 1 aromatic carbocycles. The summed E-state index contributed by atoms with van der Waals surface area (Å²) >= 11 is 5.99. The van der Waals surface area contributed by atoms with Crippen molar-refractivity contribution < 1.29 is 0 Å². The zero-order valence-corrected chi connectivity index (χ0v) is 11.2. The van der Waals surface area contributed by atoms with Crippen LogP contribution in [0, 0.1) is 5.92 Å². The largest absolute Gasteiger partial charge is 0.250 e. The topological polar surface area (TPSA) is 30.7 Å². The van der Waals surface area contributed by atoms with Gasteiger partial charge in [-0.25, -0.2) is 9.67 Å². The molecule has 1 aliphatic rings. The SMILES string of the molecule is CC1CCc2nc(Cc3cccc(Cl)c3)nn2C1. The second kappa shape index (κ2) is 4.73. The number of nitrogens with zero attached hydrogens (tertiary/aromatic N) is 3. The van der Waals surface area contributed by atoms with Crippen molar-refractivity contribution in [2.24, 2.45) is 5.92 Å². The number of fused-ring (bicyclic) bond motifs is 1. The first kappa shape index (κ1) is 11.7. The Labute approximate surface area is 112 Å². The normalized spacial score (nSPS) is 18.7. The van der Waals surface area contributed by atoms with Gasteiger partial charge in [0.15, 0.2) is 5.82 Å². The van der Waals surface area contributed by atoms with Crippen molar-refractivity contribution in [3.05, 3.63) is 46.5 Å². The van der Waals surface area contributed by atoms with Crippen LogP contribution in [0.2, 0.25) is 5.02 Å². The molecule has 1 aromatic heterocycles. The van der Waals surface area contributed by atoms with Crippen LogP contribution in [0.25, 0.3) is 0 Å². The molecule has 2 heterocycles. The van der Waals surface area contributed by atoms with Crippen LogP contribution < -0.4 is 0 Å². The van der Waals surface area contributed by atoms with Gasteiger partial charge in [-0.1, -0.05) is 30.7 Å². The molecule has 0 saturated heterocycles. The first-order valence-electron chi connectivity index (χ1n) is 6.38. The molecule has 1 atom stereocenters. The summed E-state index contributed by atoms with van der Waals surface area (Å²) in [7, 11) is 0. The minimum Gasteiger partial charge on any atom is -0.250 e. The highest BCUT2D eigenvalue weighted by atomic mass is 35.5. The van der Waals surface area contributed by atoms with Crippen molar-refractivity contribution in [2.75, 3.05) is 0 Å². The van der Waals surface area contributed by atoms with E-state index >= 15 is 0 Å². The fourth-order valence-electron chi connectivity index (χ4n) is 2.42. The van der Waals surface area contributed by atoms with Crippen molar-refractivity contribution in [1.82, 2.24) is 14.8 Å². The minimum atomic E-state index is 0.707. The highest BCUT2D eigenvalue weighted by molar-refractivity contribution is 6.30. The van der Waals surface area contributed by atoms with E-state index in [1.807, 2.05) is 18.2 Å². The first-order chi connectivity index (χ1) is 8.70. The number of aryl methyl sites for hydroxylation is 1. The fourth-order valence-corrected chi connectivity index (χ4v) is 2.64. The number of benzene rings is 1. The second-order valence-corrected chi connectivity index (χ2v) is 5.51. The van der Waals surface area contributed by atoms with Gasteiger partial charge in [-0.3, -0.25) is 0 Å². The summed E-state index contributed by atoms with van der Waals surface area (Å²) in [6.07, 6.45) is 3.02. The van der Waals surface area contributed by atoms with Crippen LogP contribution in [0.15, 0.2) is 24.3 Å². The number of rotatable bonds is 2. The van der Waals surface area contributed by atoms with Gasteiger partial charge in [0.1, 0.15) is 5.82 Å². The highest BCUT2D eigenvalue weighted by Crippen LogP contribution is 2.19. The molecule has 0 radical (unpaired) electrons. The van der Waals surface area contributed by atoms with Gasteiger partial charge in [-0.15, -0.1) is 0 Å². The van der Waals surface area contributed by atoms with Gasteiger partial charge < -0.3 is 0 Å². The summed E-state index contributed by atoms with van der Waals surface area (Å²) in [4.78, 5) is 4.62. The molecule has 0 saturated carbocycles. The van der Waals surface area contributed by atoms with Crippen LogP contribution >= 0.6 is 11.6 Å². The van der Waals surface area contributed by atoms with E-state index in [0.717, 1.165) is 36.1 Å². The average molecular weight is 262 g/mol. The van der Waals surface area contributed by atoms with Gasteiger partial charge in [-0.05, 0) is 30.0 Å². The van der Waals surface area contributed by atoms with E-state index in [2.05, 4.69) is 27.8 Å². The Balaban J connectivity index is 1.82.